The Balaban J connectivity index is 0.000000680. The van der Waals surface area contributed by atoms with Crippen LogP contribution in [-0.4, -0.2) is 65.4 Å². The molecule has 218 valence electrons. The summed E-state index contributed by atoms with van der Waals surface area (Å²) < 4.78 is 9.42. The molecule has 0 aromatic carbocycles. The second-order valence-electron chi connectivity index (χ2n) is 6.83. The van der Waals surface area contributed by atoms with Crippen LogP contribution in [0.3, 0.4) is 0 Å². The van der Waals surface area contributed by atoms with E-state index in [1.54, 1.807) is 24.3 Å². The number of thiocarbonyl (C=S) groups is 2. The zero-order valence-corrected chi connectivity index (χ0v) is 24.7. The Morgan fingerprint density at radius 2 is 0.930 bits per heavy atom. The van der Waals surface area contributed by atoms with E-state index >= 15 is 0 Å². The molecule has 0 radical (unpaired) electrons. The minimum absolute atomic E-state index is 0. The molecule has 4 heterocycles. The monoisotopic (exact) mass is 706 g/mol. The molecule has 0 unspecified atom stereocenters. The molecule has 0 saturated heterocycles. The van der Waals surface area contributed by atoms with Crippen LogP contribution in [-0.2, 0) is 29.1 Å². The molecule has 4 aromatic heterocycles. The summed E-state index contributed by atoms with van der Waals surface area (Å²) in [5, 5.41) is 34.6. The standard InChI is InChI=1S/2C12H8N2O4.2CNS.Ru/c15-7-17-9-1-3-13-11(5-9)12-6-10(18-8-16)2-4-14-12;15-11(16)7-1-3-13-9(5-7)10-6-8(12(17)18)2-4-14-10;2*2-1-3;/h1-8H;1-6H,(H,15,16)(H,17,18);;;/q;;2*-1;+2. The van der Waals surface area contributed by atoms with Gasteiger partial charge in [0.15, 0.2) is 0 Å². The van der Waals surface area contributed by atoms with Crippen molar-refractivity contribution < 1.29 is 58.3 Å². The summed E-state index contributed by atoms with van der Waals surface area (Å²) >= 11 is 7.40. The van der Waals surface area contributed by atoms with Crippen molar-refractivity contribution in [1.29, 1.82) is 0 Å². The zero-order chi connectivity index (χ0) is 31.3. The van der Waals surface area contributed by atoms with Crippen molar-refractivity contribution in [3.8, 4) is 34.3 Å². The van der Waals surface area contributed by atoms with Gasteiger partial charge < -0.3 is 30.5 Å². The zero-order valence-electron chi connectivity index (χ0n) is 21.3. The van der Waals surface area contributed by atoms with Crippen LogP contribution < -0.4 is 9.47 Å². The Morgan fingerprint density at radius 1 is 0.651 bits per heavy atom. The number of nitrogens with zero attached hydrogens (tertiary/aromatic N) is 6. The van der Waals surface area contributed by atoms with Gasteiger partial charge in [0, 0.05) is 36.9 Å². The van der Waals surface area contributed by atoms with Crippen molar-refractivity contribution in [3.63, 3.8) is 0 Å². The number of isothiocyanates is 2. The fourth-order valence-corrected chi connectivity index (χ4v) is 2.77. The van der Waals surface area contributed by atoms with E-state index in [-0.39, 0.29) is 30.6 Å². The molecular weight excluding hydrogens is 690 g/mol. The van der Waals surface area contributed by atoms with E-state index in [9.17, 15) is 19.2 Å². The van der Waals surface area contributed by atoms with E-state index in [1.165, 1.54) is 59.4 Å². The van der Waals surface area contributed by atoms with Crippen LogP contribution in [0.15, 0.2) is 73.3 Å². The average molecular weight is 706 g/mol. The number of aromatic nitrogens is 4. The van der Waals surface area contributed by atoms with E-state index in [2.05, 4.69) is 44.4 Å². The first kappa shape index (κ1) is 37.7. The molecule has 0 spiro atoms. The van der Waals surface area contributed by atoms with Crippen molar-refractivity contribution in [2.75, 3.05) is 0 Å². The number of aromatic carboxylic acids is 2. The molecule has 4 rings (SSSR count). The van der Waals surface area contributed by atoms with Crippen LogP contribution in [0.4, 0.5) is 0 Å². The second kappa shape index (κ2) is 21.5. The third-order valence-corrected chi connectivity index (χ3v) is 4.37. The number of pyridine rings is 4. The molecule has 0 fully saturated rings. The van der Waals surface area contributed by atoms with Gasteiger partial charge >= 0.3 is 31.4 Å². The quantitative estimate of drug-likeness (QED) is 0.114. The van der Waals surface area contributed by atoms with Gasteiger partial charge in [0.25, 0.3) is 12.9 Å². The van der Waals surface area contributed by atoms with Crippen LogP contribution in [0.5, 0.6) is 11.5 Å². The van der Waals surface area contributed by atoms with Crippen molar-refractivity contribution in [1.82, 2.24) is 19.9 Å². The molecule has 17 heteroatoms. The Bertz CT molecular complexity index is 1500. The Kier molecular flexibility index (Phi) is 18.8. The third kappa shape index (κ3) is 13.7. The van der Waals surface area contributed by atoms with Crippen LogP contribution in [0.2, 0.25) is 0 Å². The number of hydrogen-bond acceptors (Lipinski definition) is 12. The molecule has 0 saturated carbocycles. The number of carboxylic acid groups (broad SMARTS) is 2. The maximum absolute atomic E-state index is 10.8. The summed E-state index contributed by atoms with van der Waals surface area (Å²) in [5.74, 6) is -1.43. The van der Waals surface area contributed by atoms with Gasteiger partial charge in [0.1, 0.15) is 11.5 Å². The molecule has 0 bridgehead atoms. The van der Waals surface area contributed by atoms with Gasteiger partial charge in [-0.15, -0.1) is 0 Å². The van der Waals surface area contributed by atoms with Gasteiger partial charge in [-0.2, -0.15) is 10.3 Å². The smallest absolute Gasteiger partial charge is 0.753 e. The van der Waals surface area contributed by atoms with Crippen LogP contribution in [0.25, 0.3) is 33.6 Å². The molecule has 4 aromatic rings. The maximum atomic E-state index is 10.8. The number of carbonyl (C=O) groups is 4. The molecule has 0 aliphatic carbocycles. The minimum Gasteiger partial charge on any atom is -0.753 e. The normalized spacial score (nSPS) is 8.56. The molecular formula is C26H16N6O8RuS2. The Hall–Kier alpha value is -5.30. The number of hydrogen-bond donors (Lipinski definition) is 2. The molecule has 0 amide bonds. The molecule has 14 nitrogen and oxygen atoms in total. The van der Waals surface area contributed by atoms with Crippen LogP contribution >= 0.6 is 24.4 Å². The first-order valence-electron chi connectivity index (χ1n) is 10.8. The second-order valence-corrected chi connectivity index (χ2v) is 7.20. The van der Waals surface area contributed by atoms with Crippen LogP contribution in [0.1, 0.15) is 20.7 Å². The summed E-state index contributed by atoms with van der Waals surface area (Å²) in [6, 6.07) is 11.6. The van der Waals surface area contributed by atoms with Gasteiger partial charge in [-0.25, -0.2) is 9.59 Å². The topological polar surface area (TPSA) is 223 Å². The number of carboxylic acids is 2. The fraction of sp³-hybridized carbons (Fsp3) is 0. The molecule has 0 aliphatic rings. The fourth-order valence-electron chi connectivity index (χ4n) is 2.77. The Labute approximate surface area is 266 Å². The van der Waals surface area contributed by atoms with Gasteiger partial charge in [-0.05, 0) is 36.4 Å². The van der Waals surface area contributed by atoms with E-state index in [0.717, 1.165) is 0 Å². The van der Waals surface area contributed by atoms with E-state index in [0.29, 0.717) is 47.2 Å². The third-order valence-electron chi connectivity index (χ3n) is 4.37. The van der Waals surface area contributed by atoms with Crippen LogP contribution in [0, 0.1) is 0 Å². The summed E-state index contributed by atoms with van der Waals surface area (Å²) in [4.78, 5) is 58.3. The van der Waals surface area contributed by atoms with E-state index in [4.69, 9.17) is 30.5 Å². The van der Waals surface area contributed by atoms with Crippen molar-refractivity contribution in [3.05, 3.63) is 95.3 Å². The molecule has 43 heavy (non-hydrogen) atoms. The van der Waals surface area contributed by atoms with Crippen molar-refractivity contribution in [2.45, 2.75) is 0 Å². The molecule has 0 atom stereocenters. The minimum atomic E-state index is -1.08. The van der Waals surface area contributed by atoms with Crippen molar-refractivity contribution in [2.24, 2.45) is 0 Å². The van der Waals surface area contributed by atoms with E-state index < -0.39 is 11.9 Å². The Morgan fingerprint density at radius 3 is 1.21 bits per heavy atom. The van der Waals surface area contributed by atoms with Gasteiger partial charge in [-0.1, -0.05) is 24.4 Å². The van der Waals surface area contributed by atoms with E-state index in [1.807, 2.05) is 0 Å². The first-order valence-corrected chi connectivity index (χ1v) is 11.6. The van der Waals surface area contributed by atoms with Crippen molar-refractivity contribution >= 4 is 59.6 Å². The number of carbonyl (C=O) groups excluding carboxylic acids is 2. The number of ether oxygens (including phenoxy) is 2. The average Bonchev–Trinajstić information content (AvgIpc) is 2.99. The first-order chi connectivity index (χ1) is 20.2. The van der Waals surface area contributed by atoms with Gasteiger partial charge in [-0.3, -0.25) is 29.5 Å². The predicted molar refractivity (Wildman–Crippen MR) is 154 cm³/mol. The molecule has 0 aliphatic heterocycles. The number of rotatable bonds is 8. The summed E-state index contributed by atoms with van der Waals surface area (Å²) in [7, 11) is 0. The van der Waals surface area contributed by atoms with Gasteiger partial charge in [0.2, 0.25) is 0 Å². The summed E-state index contributed by atoms with van der Waals surface area (Å²) in [6.45, 7) is 0.664. The SMILES string of the molecule is O=C(O)c1ccnc(-c2cc(C(=O)O)ccn2)c1.O=COc1ccnc(-c2cc(OC=O)ccn2)c1.[N-]=C=S.[N-]=C=S.[Ru+2]. The summed E-state index contributed by atoms with van der Waals surface area (Å²) in [6.07, 6.45) is 5.66. The maximum Gasteiger partial charge on any atom is 2.00 e. The van der Waals surface area contributed by atoms with Gasteiger partial charge in [0.05, 0.1) is 33.9 Å². The summed E-state index contributed by atoms with van der Waals surface area (Å²) in [5.41, 5.74) is 1.79. The predicted octanol–water partition coefficient (Wildman–Crippen LogP) is 4.07. The largest absolute Gasteiger partial charge is 2.00 e. The molecule has 2 N–H and O–H groups in total.